The van der Waals surface area contributed by atoms with Crippen LogP contribution in [0.3, 0.4) is 0 Å². The SMILES string of the molecule is O=C(Nc1ccc(Nc2ccc(Br)cc2)cn1)C1CCOCC1. The summed E-state index contributed by atoms with van der Waals surface area (Å²) < 4.78 is 6.31. The molecule has 0 aliphatic carbocycles. The van der Waals surface area contributed by atoms with Gasteiger partial charge in [0, 0.05) is 29.3 Å². The summed E-state index contributed by atoms with van der Waals surface area (Å²) in [4.78, 5) is 16.4. The largest absolute Gasteiger partial charge is 0.381 e. The second-order valence-electron chi connectivity index (χ2n) is 5.44. The van der Waals surface area contributed by atoms with Crippen molar-refractivity contribution >= 4 is 39.0 Å². The van der Waals surface area contributed by atoms with Crippen molar-refractivity contribution in [2.45, 2.75) is 12.8 Å². The van der Waals surface area contributed by atoms with Crippen LogP contribution in [-0.2, 0) is 9.53 Å². The maximum absolute atomic E-state index is 12.1. The van der Waals surface area contributed by atoms with Crippen LogP contribution < -0.4 is 10.6 Å². The maximum Gasteiger partial charge on any atom is 0.228 e. The van der Waals surface area contributed by atoms with Gasteiger partial charge in [0.1, 0.15) is 5.82 Å². The molecule has 120 valence electrons. The van der Waals surface area contributed by atoms with Crippen molar-refractivity contribution in [3.63, 3.8) is 0 Å². The fourth-order valence-electron chi connectivity index (χ4n) is 2.43. The van der Waals surface area contributed by atoms with Crippen molar-refractivity contribution in [3.05, 3.63) is 47.1 Å². The maximum atomic E-state index is 12.1. The molecule has 6 heteroatoms. The van der Waals surface area contributed by atoms with Crippen molar-refractivity contribution < 1.29 is 9.53 Å². The molecule has 5 nitrogen and oxygen atoms in total. The quantitative estimate of drug-likeness (QED) is 0.848. The van der Waals surface area contributed by atoms with Gasteiger partial charge in [-0.05, 0) is 49.2 Å². The minimum atomic E-state index is 0.0196. The van der Waals surface area contributed by atoms with Gasteiger partial charge in [-0.1, -0.05) is 15.9 Å². The summed E-state index contributed by atoms with van der Waals surface area (Å²) >= 11 is 3.41. The molecule has 2 heterocycles. The molecule has 1 aliphatic heterocycles. The molecule has 0 saturated carbocycles. The standard InChI is InChI=1S/C17H18BrN3O2/c18-13-1-3-14(4-2-13)20-15-5-6-16(19-11-15)21-17(22)12-7-9-23-10-8-12/h1-6,11-12,20H,7-10H2,(H,19,21,22). The molecule has 0 bridgehead atoms. The Morgan fingerprint density at radius 1 is 1.09 bits per heavy atom. The van der Waals surface area contributed by atoms with Crippen molar-refractivity contribution in [1.82, 2.24) is 4.98 Å². The van der Waals surface area contributed by atoms with Gasteiger partial charge in [0.2, 0.25) is 5.91 Å². The van der Waals surface area contributed by atoms with Crippen molar-refractivity contribution in [1.29, 1.82) is 0 Å². The number of hydrogen-bond acceptors (Lipinski definition) is 4. The summed E-state index contributed by atoms with van der Waals surface area (Å²) in [6, 6.07) is 11.6. The number of carbonyl (C=O) groups excluding carboxylic acids is 1. The lowest BCUT2D eigenvalue weighted by Crippen LogP contribution is -2.28. The smallest absolute Gasteiger partial charge is 0.228 e. The molecular weight excluding hydrogens is 358 g/mol. The second kappa shape index (κ2) is 7.57. The van der Waals surface area contributed by atoms with Gasteiger partial charge >= 0.3 is 0 Å². The number of ether oxygens (including phenoxy) is 1. The fourth-order valence-corrected chi connectivity index (χ4v) is 2.69. The molecule has 0 spiro atoms. The number of pyridine rings is 1. The minimum absolute atomic E-state index is 0.0196. The number of anilines is 3. The highest BCUT2D eigenvalue weighted by molar-refractivity contribution is 9.10. The summed E-state index contributed by atoms with van der Waals surface area (Å²) in [7, 11) is 0. The molecule has 1 aromatic carbocycles. The number of nitrogens with zero attached hydrogens (tertiary/aromatic N) is 1. The lowest BCUT2D eigenvalue weighted by molar-refractivity contribution is -0.122. The van der Waals surface area contributed by atoms with Gasteiger partial charge in [-0.3, -0.25) is 4.79 Å². The topological polar surface area (TPSA) is 63.2 Å². The number of carbonyl (C=O) groups is 1. The number of halogens is 1. The summed E-state index contributed by atoms with van der Waals surface area (Å²) in [6.07, 6.45) is 3.26. The van der Waals surface area contributed by atoms with Gasteiger partial charge < -0.3 is 15.4 Å². The highest BCUT2D eigenvalue weighted by atomic mass is 79.9. The van der Waals surface area contributed by atoms with E-state index in [0.717, 1.165) is 28.7 Å². The van der Waals surface area contributed by atoms with Gasteiger partial charge in [0.15, 0.2) is 0 Å². The molecule has 2 N–H and O–H groups in total. The summed E-state index contributed by atoms with van der Waals surface area (Å²) in [5, 5.41) is 6.13. The van der Waals surface area contributed by atoms with E-state index in [9.17, 15) is 4.79 Å². The van der Waals surface area contributed by atoms with Crippen LogP contribution >= 0.6 is 15.9 Å². The number of benzene rings is 1. The Labute approximate surface area is 143 Å². The van der Waals surface area contributed by atoms with Crippen molar-refractivity contribution in [3.8, 4) is 0 Å². The van der Waals surface area contributed by atoms with Crippen molar-refractivity contribution in [2.24, 2.45) is 5.92 Å². The molecule has 0 radical (unpaired) electrons. The lowest BCUT2D eigenvalue weighted by atomic mass is 9.99. The zero-order valence-corrected chi connectivity index (χ0v) is 14.2. The molecule has 1 aliphatic rings. The van der Waals surface area contributed by atoms with Gasteiger partial charge in [0.25, 0.3) is 0 Å². The Morgan fingerprint density at radius 3 is 2.43 bits per heavy atom. The van der Waals surface area contributed by atoms with E-state index in [1.54, 1.807) is 12.3 Å². The van der Waals surface area contributed by atoms with Crippen LogP contribution in [-0.4, -0.2) is 24.1 Å². The van der Waals surface area contributed by atoms with Crippen LogP contribution in [0.2, 0.25) is 0 Å². The van der Waals surface area contributed by atoms with Crippen LogP contribution in [0, 0.1) is 5.92 Å². The van der Waals surface area contributed by atoms with Crippen LogP contribution in [0.25, 0.3) is 0 Å². The molecule has 1 saturated heterocycles. The molecular formula is C17H18BrN3O2. The van der Waals surface area contributed by atoms with Crippen molar-refractivity contribution in [2.75, 3.05) is 23.8 Å². The molecule has 23 heavy (non-hydrogen) atoms. The highest BCUT2D eigenvalue weighted by Crippen LogP contribution is 2.20. The molecule has 1 amide bonds. The van der Waals surface area contributed by atoms with E-state index in [2.05, 4.69) is 31.5 Å². The average Bonchev–Trinajstić information content (AvgIpc) is 2.59. The second-order valence-corrected chi connectivity index (χ2v) is 6.36. The summed E-state index contributed by atoms with van der Waals surface area (Å²) in [6.45, 7) is 1.31. The van der Waals surface area contributed by atoms with Crippen LogP contribution in [0.15, 0.2) is 47.1 Å². The molecule has 3 rings (SSSR count). The third kappa shape index (κ3) is 4.53. The first-order chi connectivity index (χ1) is 11.2. The minimum Gasteiger partial charge on any atom is -0.381 e. The van der Waals surface area contributed by atoms with E-state index in [-0.39, 0.29) is 11.8 Å². The summed E-state index contributed by atoms with van der Waals surface area (Å²) in [5.41, 5.74) is 1.85. The number of hydrogen-bond donors (Lipinski definition) is 2. The first-order valence-corrected chi connectivity index (χ1v) is 8.37. The third-order valence-corrected chi connectivity index (χ3v) is 4.27. The van der Waals surface area contributed by atoms with E-state index < -0.39 is 0 Å². The van der Waals surface area contributed by atoms with E-state index in [4.69, 9.17) is 4.74 Å². The number of rotatable bonds is 4. The number of nitrogens with one attached hydrogen (secondary N) is 2. The normalized spacial score (nSPS) is 15.2. The van der Waals surface area contributed by atoms with Gasteiger partial charge in [-0.25, -0.2) is 4.98 Å². The lowest BCUT2D eigenvalue weighted by Gasteiger charge is -2.20. The van der Waals surface area contributed by atoms with Gasteiger partial charge in [-0.2, -0.15) is 0 Å². The van der Waals surface area contributed by atoms with Crippen LogP contribution in [0.5, 0.6) is 0 Å². The van der Waals surface area contributed by atoms with Gasteiger partial charge in [0.05, 0.1) is 11.9 Å². The monoisotopic (exact) mass is 375 g/mol. The molecule has 1 fully saturated rings. The van der Waals surface area contributed by atoms with Crippen LogP contribution in [0.4, 0.5) is 17.2 Å². The fraction of sp³-hybridized carbons (Fsp3) is 0.294. The molecule has 0 unspecified atom stereocenters. The van der Waals surface area contributed by atoms with Gasteiger partial charge in [-0.15, -0.1) is 0 Å². The number of amides is 1. The number of aromatic nitrogens is 1. The van der Waals surface area contributed by atoms with E-state index in [1.165, 1.54) is 0 Å². The zero-order valence-electron chi connectivity index (χ0n) is 12.6. The first kappa shape index (κ1) is 16.0. The molecule has 0 atom stereocenters. The predicted octanol–water partition coefficient (Wildman–Crippen LogP) is 3.95. The highest BCUT2D eigenvalue weighted by Gasteiger charge is 2.21. The predicted molar refractivity (Wildman–Crippen MR) is 93.8 cm³/mol. The van der Waals surface area contributed by atoms with E-state index in [1.807, 2.05) is 30.3 Å². The average molecular weight is 376 g/mol. The molecule has 1 aromatic heterocycles. The van der Waals surface area contributed by atoms with E-state index in [0.29, 0.717) is 19.0 Å². The Kier molecular flexibility index (Phi) is 5.25. The Morgan fingerprint density at radius 2 is 1.78 bits per heavy atom. The Bertz CT molecular complexity index is 653. The Hall–Kier alpha value is -1.92. The first-order valence-electron chi connectivity index (χ1n) is 7.58. The third-order valence-electron chi connectivity index (χ3n) is 3.74. The molecule has 2 aromatic rings. The van der Waals surface area contributed by atoms with E-state index >= 15 is 0 Å². The summed E-state index contributed by atoms with van der Waals surface area (Å²) in [5.74, 6) is 0.614. The van der Waals surface area contributed by atoms with Crippen LogP contribution in [0.1, 0.15) is 12.8 Å². The zero-order chi connectivity index (χ0) is 16.1. The Balaban J connectivity index is 1.58.